The first-order valence-corrected chi connectivity index (χ1v) is 7.14. The first-order chi connectivity index (χ1) is 5.33. The fourth-order valence-electron chi connectivity index (χ4n) is 0.565. The number of thioether (sulfide) groups is 1. The van der Waals surface area contributed by atoms with Crippen LogP contribution in [0.25, 0.3) is 0 Å². The van der Waals surface area contributed by atoms with E-state index in [2.05, 4.69) is 22.8 Å². The van der Waals surface area contributed by atoms with E-state index in [1.165, 1.54) is 28.5 Å². The third-order valence-corrected chi connectivity index (χ3v) is 4.14. The van der Waals surface area contributed by atoms with Gasteiger partial charge in [0.25, 0.3) is 0 Å². The summed E-state index contributed by atoms with van der Waals surface area (Å²) in [5.41, 5.74) is 0. The molecule has 0 unspecified atom stereocenters. The Balaban J connectivity index is 2.27. The maximum Gasteiger partial charge on any atom is 0.175 e. The molecular formula is C5H10N2S3Si. The third kappa shape index (κ3) is 3.59. The summed E-state index contributed by atoms with van der Waals surface area (Å²) in [5.74, 6) is 1.17. The highest BCUT2D eigenvalue weighted by Gasteiger charge is 1.99. The van der Waals surface area contributed by atoms with Gasteiger partial charge >= 0.3 is 0 Å². The second kappa shape index (κ2) is 5.18. The molecule has 1 aromatic rings. The quantitative estimate of drug-likeness (QED) is 0.357. The predicted molar refractivity (Wildman–Crippen MR) is 57.2 cm³/mol. The summed E-state index contributed by atoms with van der Waals surface area (Å²) >= 11 is 7.43. The monoisotopic (exact) mass is 222 g/mol. The Kier molecular flexibility index (Phi) is 4.50. The standard InChI is InChI=1S/C5H10N2S3Si/c8-4-6-7-5(10-4)9-2-1-3-11/h1-3H2,11H3,(H,6,8). The summed E-state index contributed by atoms with van der Waals surface area (Å²) in [6, 6.07) is 1.37. The van der Waals surface area contributed by atoms with Crippen molar-refractivity contribution < 1.29 is 0 Å². The number of hydrogen-bond donors (Lipinski definition) is 1. The van der Waals surface area contributed by atoms with Gasteiger partial charge in [-0.25, -0.2) is 0 Å². The lowest BCUT2D eigenvalue weighted by Crippen LogP contribution is -1.78. The molecule has 0 aliphatic heterocycles. The van der Waals surface area contributed by atoms with Crippen LogP contribution in [0.15, 0.2) is 8.68 Å². The van der Waals surface area contributed by atoms with E-state index >= 15 is 0 Å². The lowest BCUT2D eigenvalue weighted by molar-refractivity contribution is 0.955. The molecule has 0 fully saturated rings. The van der Waals surface area contributed by atoms with Crippen LogP contribution in [-0.2, 0) is 0 Å². The molecule has 0 bridgehead atoms. The Hall–Kier alpha value is 0.477. The molecule has 0 aromatic carbocycles. The average Bonchev–Trinajstić information content (AvgIpc) is 2.37. The first kappa shape index (κ1) is 9.56. The van der Waals surface area contributed by atoms with Crippen LogP contribution in [0.1, 0.15) is 6.42 Å². The molecule has 0 spiro atoms. The topological polar surface area (TPSA) is 25.8 Å². The summed E-state index contributed by atoms with van der Waals surface area (Å²) in [5, 5.41) is 7.77. The minimum atomic E-state index is 0.762. The van der Waals surface area contributed by atoms with Crippen molar-refractivity contribution in [3.05, 3.63) is 0 Å². The lowest BCUT2D eigenvalue weighted by Gasteiger charge is -1.91. The molecule has 0 amide bonds. The van der Waals surface area contributed by atoms with Gasteiger partial charge in [0.05, 0.1) is 0 Å². The van der Waals surface area contributed by atoms with Gasteiger partial charge in [0.15, 0.2) is 8.68 Å². The summed E-state index contributed by atoms with van der Waals surface area (Å²) < 4.78 is 1.81. The van der Waals surface area contributed by atoms with Gasteiger partial charge in [-0.1, -0.05) is 29.1 Å². The highest BCUT2D eigenvalue weighted by Crippen LogP contribution is 2.24. The summed E-state index contributed by atoms with van der Waals surface area (Å²) in [4.78, 5) is 0. The summed E-state index contributed by atoms with van der Waals surface area (Å²) in [6.45, 7) is 0. The molecule has 0 aliphatic carbocycles. The molecule has 0 N–H and O–H groups in total. The zero-order chi connectivity index (χ0) is 8.10. The van der Waals surface area contributed by atoms with E-state index in [1.807, 2.05) is 0 Å². The third-order valence-electron chi connectivity index (χ3n) is 1.12. The molecule has 1 rings (SSSR count). The number of nitrogens with zero attached hydrogens (tertiary/aromatic N) is 2. The van der Waals surface area contributed by atoms with Crippen molar-refractivity contribution in [3.63, 3.8) is 0 Å². The predicted octanol–water partition coefficient (Wildman–Crippen LogP) is 1.09. The highest BCUT2D eigenvalue weighted by molar-refractivity contribution is 8.01. The van der Waals surface area contributed by atoms with Crippen molar-refractivity contribution in [2.75, 3.05) is 5.75 Å². The molecule has 62 valence electrons. The van der Waals surface area contributed by atoms with Gasteiger partial charge in [-0.3, -0.25) is 0 Å². The zero-order valence-electron chi connectivity index (χ0n) is 6.28. The van der Waals surface area contributed by atoms with E-state index in [9.17, 15) is 0 Å². The van der Waals surface area contributed by atoms with Crippen molar-refractivity contribution in [3.8, 4) is 0 Å². The molecule has 1 heterocycles. The van der Waals surface area contributed by atoms with E-state index < -0.39 is 0 Å². The van der Waals surface area contributed by atoms with Crippen molar-refractivity contribution >= 4 is 46.0 Å². The van der Waals surface area contributed by atoms with Gasteiger partial charge in [0.2, 0.25) is 0 Å². The van der Waals surface area contributed by atoms with Crippen molar-refractivity contribution in [2.24, 2.45) is 0 Å². The number of hydrogen-bond acceptors (Lipinski definition) is 5. The fraction of sp³-hybridized carbons (Fsp3) is 0.600. The van der Waals surface area contributed by atoms with E-state index in [0.717, 1.165) is 8.68 Å². The van der Waals surface area contributed by atoms with E-state index in [-0.39, 0.29) is 0 Å². The Morgan fingerprint density at radius 2 is 2.36 bits per heavy atom. The van der Waals surface area contributed by atoms with Gasteiger partial charge in [-0.2, -0.15) is 0 Å². The lowest BCUT2D eigenvalue weighted by atomic mass is 10.6. The van der Waals surface area contributed by atoms with Gasteiger partial charge in [0, 0.05) is 16.0 Å². The molecule has 1 aromatic heterocycles. The van der Waals surface area contributed by atoms with Gasteiger partial charge in [-0.15, -0.1) is 22.8 Å². The van der Waals surface area contributed by atoms with Crippen molar-refractivity contribution in [1.82, 2.24) is 10.2 Å². The maximum atomic E-state index is 4.09. The number of rotatable bonds is 4. The molecular weight excluding hydrogens is 212 g/mol. The smallest absolute Gasteiger partial charge is 0.131 e. The molecule has 0 atom stereocenters. The minimum Gasteiger partial charge on any atom is -0.131 e. The van der Waals surface area contributed by atoms with Crippen LogP contribution < -0.4 is 0 Å². The van der Waals surface area contributed by atoms with Crippen LogP contribution in [0.5, 0.6) is 0 Å². The first-order valence-electron chi connectivity index (χ1n) is 3.48. The Bertz CT molecular complexity index is 215. The largest absolute Gasteiger partial charge is 0.175 e. The van der Waals surface area contributed by atoms with Crippen LogP contribution in [0, 0.1) is 0 Å². The van der Waals surface area contributed by atoms with Crippen LogP contribution in [0.2, 0.25) is 6.04 Å². The number of aromatic nitrogens is 2. The average molecular weight is 222 g/mol. The normalized spacial score (nSPS) is 10.6. The molecule has 6 heteroatoms. The van der Waals surface area contributed by atoms with Crippen LogP contribution >= 0.6 is 35.7 Å². The summed E-state index contributed by atoms with van der Waals surface area (Å²) in [6.07, 6.45) is 1.30. The molecule has 0 aliphatic rings. The Morgan fingerprint density at radius 3 is 2.91 bits per heavy atom. The van der Waals surface area contributed by atoms with Crippen LogP contribution in [0.4, 0.5) is 0 Å². The minimum absolute atomic E-state index is 0.762. The van der Waals surface area contributed by atoms with E-state index in [4.69, 9.17) is 0 Å². The van der Waals surface area contributed by atoms with Crippen LogP contribution in [-0.4, -0.2) is 26.2 Å². The zero-order valence-corrected chi connectivity index (χ0v) is 10.8. The van der Waals surface area contributed by atoms with Gasteiger partial charge < -0.3 is 0 Å². The molecule has 0 radical (unpaired) electrons. The second-order valence-electron chi connectivity index (χ2n) is 2.05. The maximum absolute atomic E-state index is 4.09. The Labute approximate surface area is 83.0 Å². The van der Waals surface area contributed by atoms with Crippen LogP contribution in [0.3, 0.4) is 0 Å². The number of thiol groups is 1. The molecule has 11 heavy (non-hydrogen) atoms. The second-order valence-corrected chi connectivity index (χ2v) is 6.10. The van der Waals surface area contributed by atoms with E-state index in [0.29, 0.717) is 0 Å². The molecule has 0 saturated heterocycles. The Morgan fingerprint density at radius 1 is 1.55 bits per heavy atom. The summed E-state index contributed by atoms with van der Waals surface area (Å²) in [7, 11) is 1.31. The fourth-order valence-corrected chi connectivity index (χ4v) is 3.67. The molecule has 2 nitrogen and oxygen atoms in total. The van der Waals surface area contributed by atoms with E-state index in [1.54, 1.807) is 23.1 Å². The highest BCUT2D eigenvalue weighted by atomic mass is 32.2. The van der Waals surface area contributed by atoms with Gasteiger partial charge in [0.1, 0.15) is 0 Å². The van der Waals surface area contributed by atoms with Crippen molar-refractivity contribution in [1.29, 1.82) is 0 Å². The molecule has 0 saturated carbocycles. The van der Waals surface area contributed by atoms with Gasteiger partial charge in [-0.05, 0) is 6.42 Å². The SMILES string of the molecule is [SiH3]CCCSc1nnc(S)s1. The van der Waals surface area contributed by atoms with Crippen molar-refractivity contribution in [2.45, 2.75) is 21.1 Å².